The van der Waals surface area contributed by atoms with Crippen molar-refractivity contribution in [2.24, 2.45) is 10.2 Å². The Kier molecular flexibility index (Phi) is 7.62. The van der Waals surface area contributed by atoms with Crippen LogP contribution in [0.2, 0.25) is 0 Å². The lowest BCUT2D eigenvalue weighted by Gasteiger charge is -2.23. The lowest BCUT2D eigenvalue weighted by Crippen LogP contribution is -2.25. The van der Waals surface area contributed by atoms with Crippen LogP contribution in [0.5, 0.6) is 0 Å². The first-order valence-electron chi connectivity index (χ1n) is 8.91. The first-order valence-corrected chi connectivity index (χ1v) is 8.91. The topological polar surface area (TPSA) is 119 Å². The average molecular weight is 376 g/mol. The summed E-state index contributed by atoms with van der Waals surface area (Å²) in [6.45, 7) is 3.68. The Morgan fingerprint density at radius 1 is 1.11 bits per heavy atom. The Hall–Kier alpha value is -3.78. The molecule has 0 atom stereocenters. The average Bonchev–Trinajstić information content (AvgIpc) is 2.72. The second-order valence-corrected chi connectivity index (χ2v) is 6.04. The molecule has 0 aliphatic carbocycles. The highest BCUT2D eigenvalue weighted by Gasteiger charge is 2.10. The van der Waals surface area contributed by atoms with Crippen LogP contribution in [0.25, 0.3) is 0 Å². The van der Waals surface area contributed by atoms with E-state index in [9.17, 15) is 10.1 Å². The van der Waals surface area contributed by atoms with Gasteiger partial charge in [0, 0.05) is 30.9 Å². The molecule has 0 aliphatic rings. The number of nitro benzene ring substituents is 1. The van der Waals surface area contributed by atoms with Gasteiger partial charge in [0.25, 0.3) is 5.69 Å². The van der Waals surface area contributed by atoms with Crippen molar-refractivity contribution in [2.75, 3.05) is 18.0 Å². The molecule has 0 bridgehead atoms. The van der Waals surface area contributed by atoms with Crippen LogP contribution < -0.4 is 4.90 Å². The Morgan fingerprint density at radius 2 is 1.86 bits per heavy atom. The molecule has 142 valence electrons. The van der Waals surface area contributed by atoms with Crippen molar-refractivity contribution in [1.82, 2.24) is 0 Å². The van der Waals surface area contributed by atoms with Crippen LogP contribution in [0.3, 0.4) is 0 Å². The molecule has 8 heteroatoms. The maximum atomic E-state index is 10.8. The smallest absolute Gasteiger partial charge is 0.270 e. The van der Waals surface area contributed by atoms with E-state index in [4.69, 9.17) is 10.5 Å². The molecule has 0 spiro atoms. The summed E-state index contributed by atoms with van der Waals surface area (Å²) in [6.07, 6.45) is 2.58. The van der Waals surface area contributed by atoms with Crippen molar-refractivity contribution < 1.29 is 4.92 Å². The third kappa shape index (κ3) is 5.61. The predicted octanol–water partition coefficient (Wildman–Crippen LogP) is 5.40. The molecule has 0 fully saturated rings. The second-order valence-electron chi connectivity index (χ2n) is 6.04. The van der Waals surface area contributed by atoms with E-state index in [0.717, 1.165) is 25.1 Å². The highest BCUT2D eigenvalue weighted by atomic mass is 16.6. The number of rotatable bonds is 9. The molecular weight excluding hydrogens is 356 g/mol. The van der Waals surface area contributed by atoms with Gasteiger partial charge in [-0.3, -0.25) is 10.1 Å². The van der Waals surface area contributed by atoms with Gasteiger partial charge < -0.3 is 4.90 Å². The molecule has 8 nitrogen and oxygen atoms in total. The van der Waals surface area contributed by atoms with E-state index in [1.165, 1.54) is 18.2 Å². The molecular formula is C20H20N6O2. The zero-order chi connectivity index (χ0) is 20.4. The minimum Gasteiger partial charge on any atom is -0.371 e. The van der Waals surface area contributed by atoms with Gasteiger partial charge in [-0.25, -0.2) is 0 Å². The number of hydrogen-bond donors (Lipinski definition) is 0. The van der Waals surface area contributed by atoms with E-state index in [2.05, 4.69) is 28.1 Å². The Balaban J connectivity index is 2.16. The molecule has 2 rings (SSSR count). The lowest BCUT2D eigenvalue weighted by atomic mass is 10.2. The third-order valence-corrected chi connectivity index (χ3v) is 4.07. The number of unbranched alkanes of at least 4 members (excludes halogenated alkanes) is 1. The summed E-state index contributed by atoms with van der Waals surface area (Å²) in [5, 5.41) is 37.0. The van der Waals surface area contributed by atoms with Gasteiger partial charge in [0.1, 0.15) is 11.8 Å². The number of hydrogen-bond acceptors (Lipinski definition) is 7. The monoisotopic (exact) mass is 376 g/mol. The highest BCUT2D eigenvalue weighted by Crippen LogP contribution is 2.27. The maximum absolute atomic E-state index is 10.8. The van der Waals surface area contributed by atoms with Crippen LogP contribution in [-0.2, 0) is 0 Å². The van der Waals surface area contributed by atoms with Crippen molar-refractivity contribution in [3.8, 4) is 12.1 Å². The number of non-ortho nitro benzene ring substituents is 1. The Labute approximate surface area is 163 Å². The minimum atomic E-state index is -0.558. The summed E-state index contributed by atoms with van der Waals surface area (Å²) < 4.78 is 0. The zero-order valence-corrected chi connectivity index (χ0v) is 15.6. The Morgan fingerprint density at radius 3 is 2.46 bits per heavy atom. The van der Waals surface area contributed by atoms with Gasteiger partial charge >= 0.3 is 0 Å². The molecule has 0 saturated heterocycles. The van der Waals surface area contributed by atoms with E-state index in [1.807, 2.05) is 30.3 Å². The van der Waals surface area contributed by atoms with Gasteiger partial charge in [-0.05, 0) is 36.8 Å². The van der Waals surface area contributed by atoms with Crippen LogP contribution in [0.1, 0.15) is 31.7 Å². The number of nitro groups is 1. The molecule has 0 N–H and O–H groups in total. The number of azo groups is 1. The first kappa shape index (κ1) is 20.5. The third-order valence-electron chi connectivity index (χ3n) is 4.07. The van der Waals surface area contributed by atoms with Gasteiger partial charge in [0.15, 0.2) is 0 Å². The van der Waals surface area contributed by atoms with E-state index in [0.29, 0.717) is 18.7 Å². The van der Waals surface area contributed by atoms with Gasteiger partial charge in [0.05, 0.1) is 28.7 Å². The van der Waals surface area contributed by atoms with E-state index >= 15 is 0 Å². The number of anilines is 1. The molecule has 0 aromatic heterocycles. The van der Waals surface area contributed by atoms with Crippen LogP contribution >= 0.6 is 0 Å². The SMILES string of the molecule is CCCCN(CCC#N)c1ccc(N=Nc2ccc([N+](=O)[O-])cc2C#N)cc1. The first-order chi connectivity index (χ1) is 13.6. The Bertz CT molecular complexity index is 925. The van der Waals surface area contributed by atoms with Crippen LogP contribution in [0.15, 0.2) is 52.7 Å². The minimum absolute atomic E-state index is 0.0943. The molecule has 2 aromatic carbocycles. The molecule has 0 saturated carbocycles. The molecule has 28 heavy (non-hydrogen) atoms. The van der Waals surface area contributed by atoms with Crippen molar-refractivity contribution in [2.45, 2.75) is 26.2 Å². The summed E-state index contributed by atoms with van der Waals surface area (Å²) >= 11 is 0. The van der Waals surface area contributed by atoms with Crippen LogP contribution in [-0.4, -0.2) is 18.0 Å². The molecule has 0 aliphatic heterocycles. The lowest BCUT2D eigenvalue weighted by molar-refractivity contribution is -0.384. The van der Waals surface area contributed by atoms with Crippen molar-refractivity contribution >= 4 is 22.7 Å². The molecule has 0 radical (unpaired) electrons. The second kappa shape index (κ2) is 10.4. The van der Waals surface area contributed by atoms with Crippen molar-refractivity contribution in [3.05, 3.63) is 58.1 Å². The van der Waals surface area contributed by atoms with Gasteiger partial charge in [-0.15, -0.1) is 5.11 Å². The normalized spacial score (nSPS) is 10.4. The largest absolute Gasteiger partial charge is 0.371 e. The fourth-order valence-corrected chi connectivity index (χ4v) is 2.56. The number of nitrogens with zero attached hydrogens (tertiary/aromatic N) is 6. The van der Waals surface area contributed by atoms with Gasteiger partial charge in [-0.1, -0.05) is 13.3 Å². The van der Waals surface area contributed by atoms with Gasteiger partial charge in [-0.2, -0.15) is 15.6 Å². The fourth-order valence-electron chi connectivity index (χ4n) is 2.56. The van der Waals surface area contributed by atoms with E-state index in [1.54, 1.807) is 0 Å². The predicted molar refractivity (Wildman–Crippen MR) is 106 cm³/mol. The molecule has 2 aromatic rings. The summed E-state index contributed by atoms with van der Waals surface area (Å²) in [6, 6.07) is 15.4. The van der Waals surface area contributed by atoms with Crippen molar-refractivity contribution in [1.29, 1.82) is 10.5 Å². The molecule has 0 heterocycles. The van der Waals surface area contributed by atoms with Crippen LogP contribution in [0.4, 0.5) is 22.7 Å². The summed E-state index contributed by atoms with van der Waals surface area (Å²) in [5.74, 6) is 0. The highest BCUT2D eigenvalue weighted by molar-refractivity contribution is 5.58. The number of nitriles is 2. The van der Waals surface area contributed by atoms with E-state index < -0.39 is 4.92 Å². The molecule has 0 unspecified atom stereocenters. The van der Waals surface area contributed by atoms with E-state index in [-0.39, 0.29) is 16.9 Å². The van der Waals surface area contributed by atoms with Crippen molar-refractivity contribution in [3.63, 3.8) is 0 Å². The number of benzene rings is 2. The standard InChI is InChI=1S/C20H20N6O2/c1-2-3-12-25(13-4-11-21)18-7-5-17(6-8-18)23-24-20-10-9-19(26(27)28)14-16(20)15-22/h5-10,14H,2-4,12-13H2,1H3. The fraction of sp³-hybridized carbons (Fsp3) is 0.300. The summed E-state index contributed by atoms with van der Waals surface area (Å²) in [5.41, 5.74) is 1.81. The molecule has 0 amide bonds. The maximum Gasteiger partial charge on any atom is 0.270 e. The van der Waals surface area contributed by atoms with Gasteiger partial charge in [0.2, 0.25) is 0 Å². The van der Waals surface area contributed by atoms with Crippen LogP contribution in [0, 0.1) is 32.8 Å². The quantitative estimate of drug-likeness (QED) is 0.329. The zero-order valence-electron chi connectivity index (χ0n) is 15.6. The summed E-state index contributed by atoms with van der Waals surface area (Å²) in [7, 11) is 0. The summed E-state index contributed by atoms with van der Waals surface area (Å²) in [4.78, 5) is 12.4.